The summed E-state index contributed by atoms with van der Waals surface area (Å²) in [6.45, 7) is 124. The van der Waals surface area contributed by atoms with Gasteiger partial charge < -0.3 is 49.9 Å². The molecule has 0 saturated heterocycles. The van der Waals surface area contributed by atoms with Gasteiger partial charge in [-0.25, -0.2) is 9.80 Å². The fourth-order valence-electron chi connectivity index (χ4n) is 17.4. The van der Waals surface area contributed by atoms with Crippen molar-refractivity contribution >= 4 is 30.0 Å². The molecule has 0 aromatic rings. The summed E-state index contributed by atoms with van der Waals surface area (Å²) in [7, 11) is 16.1. The second kappa shape index (κ2) is 47.0. The number of allylic oxidation sites excluding steroid dienone is 5. The first kappa shape index (κ1) is 126. The predicted octanol–water partition coefficient (Wildman–Crippen LogP) is 25.3. The number of hydrogen-bond acceptors (Lipinski definition) is 14. The summed E-state index contributed by atoms with van der Waals surface area (Å²) in [5.74, 6) is 1.93. The smallest absolute Gasteiger partial charge is 0.317 e. The molecule has 132 heavy (non-hydrogen) atoms. The second-order valence-corrected chi connectivity index (χ2v) is 55.3. The van der Waals surface area contributed by atoms with Gasteiger partial charge in [0, 0.05) is 134 Å². The van der Waals surface area contributed by atoms with Gasteiger partial charge in [-0.05, 0) is 173 Å². The lowest BCUT2D eigenvalue weighted by atomic mass is 9.74. The molecule has 5 amide bonds. The van der Waals surface area contributed by atoms with Crippen LogP contribution in [0.25, 0.3) is 0 Å². The first-order valence-corrected chi connectivity index (χ1v) is 49.2. The SMILES string of the molecule is C.C=C1OCC(C(C)(C)C)=C(C(C)(C)C)CN1C.CN1CC(=O)NC(C(C)(C)C)=C(C(C)(C)C)C1.CN1CC(C(C)(C)C)=C(C(C)(C)C)C(=O)N1.CN1CC(C(C)(C)C)=C(C(C)(C)C)C=N1.CN1CC(C(C)(C)C)=C(C(C)(C)C)CNC1=O.CN1CC(C(C)(C)C)=C(C(C)(C)C)OCC1=O.CN1CCCC(C(C)(C)C)=C(C(C)(C)C)C1.CN1CCNC(C(C)(C)C)=C(C(C)(C)C)C1. The Labute approximate surface area is 815 Å². The lowest BCUT2D eigenvalue weighted by Crippen LogP contribution is -2.49. The van der Waals surface area contributed by atoms with E-state index in [1.165, 1.54) is 75.2 Å². The summed E-state index contributed by atoms with van der Waals surface area (Å²) >= 11 is 0. The van der Waals surface area contributed by atoms with E-state index in [1.54, 1.807) is 26.5 Å². The molecule has 8 aliphatic heterocycles. The van der Waals surface area contributed by atoms with E-state index in [-0.39, 0.29) is 114 Å². The summed E-state index contributed by atoms with van der Waals surface area (Å²) in [6, 6.07) is 0.0194. The molecule has 0 fully saturated rings. The number of amides is 5. The van der Waals surface area contributed by atoms with E-state index < -0.39 is 0 Å². The molecule has 0 unspecified atom stereocenters. The van der Waals surface area contributed by atoms with Crippen molar-refractivity contribution in [3.8, 4) is 0 Å². The Hall–Kier alpha value is -6.15. The number of ether oxygens (including phenoxy) is 2. The van der Waals surface area contributed by atoms with Crippen LogP contribution in [0.4, 0.5) is 4.79 Å². The lowest BCUT2D eigenvalue weighted by Gasteiger charge is -2.39. The normalized spacial score (nSPS) is 19.7. The first-order valence-electron chi connectivity index (χ1n) is 49.2. The standard InChI is InChI=1S/C15H27NO.C15H29N.2C14H26N2O.C14H28N2.C14H25NO2.C13H24N2O.C13H24N2.CH4/c1-11-16(8)9-12(14(2,3)4)13(10-17-11)15(5,6)7;1-14(2,3)12-9-8-10-16(7)11-13(12)15(4,5)6;1-13(2,3)10-8-16(7)9-11(17)15-12(10)14(4,5)6;1-13(2,3)10-8-15-12(17)16(7)9-11(10)14(4,5)6;1-13(2,3)11-10-16(7)9-8-15-12(11)14(4,5)6;1-13(2,3)10-8-15(7)11(16)9-17-12(10)14(4,5)6;1-12(2,3)9-8-15(7)14-11(16)10(9)13(4,5)6;1-12(2,3)10-8-14-15(7)9-11(10)13(4,5)6;/h1,9-10H2,2-8H3;8-11H2,1-7H3;2*8-9H2,1-7H3,(H,15,17);15H,8-10H2,1-7H3;8-9H2,1-7H3;8H2,1-7H3,(H,14,16);8H,9H2,1-7H3;1H4. The summed E-state index contributed by atoms with van der Waals surface area (Å²) in [6.07, 6.45) is 4.62. The Balaban J connectivity index is 0.00000148. The third-order valence-corrected chi connectivity index (χ3v) is 25.2. The van der Waals surface area contributed by atoms with Crippen LogP contribution >= 0.6 is 0 Å². The zero-order valence-electron chi connectivity index (χ0n) is 96.3. The monoisotopic (exact) mass is 1850 g/mol. The van der Waals surface area contributed by atoms with Crippen molar-refractivity contribution in [1.82, 2.24) is 60.8 Å². The molecule has 8 rings (SSSR count). The summed E-state index contributed by atoms with van der Waals surface area (Å²) in [4.78, 5) is 60.0. The molecule has 8 heterocycles. The highest BCUT2D eigenvalue weighted by molar-refractivity contribution is 5.96. The van der Waals surface area contributed by atoms with Gasteiger partial charge in [-0.1, -0.05) is 351 Å². The van der Waals surface area contributed by atoms with Crippen LogP contribution in [0.5, 0.6) is 0 Å². The molecule has 0 bridgehead atoms. The Morgan fingerprint density at radius 2 is 0.720 bits per heavy atom. The van der Waals surface area contributed by atoms with Crippen molar-refractivity contribution in [2.75, 3.05) is 155 Å². The molecular weight excluding hydrogens is 1640 g/mol. The number of urea groups is 1. The van der Waals surface area contributed by atoms with Gasteiger partial charge in [-0.15, -0.1) is 0 Å². The largest absolute Gasteiger partial charge is 0.488 e. The van der Waals surface area contributed by atoms with E-state index in [0.29, 0.717) is 37.1 Å². The maximum absolute atomic E-state index is 12.1. The van der Waals surface area contributed by atoms with Gasteiger partial charge in [-0.3, -0.25) is 29.7 Å². The van der Waals surface area contributed by atoms with Gasteiger partial charge in [0.25, 0.3) is 11.8 Å². The Morgan fingerprint density at radius 3 is 1.13 bits per heavy atom. The van der Waals surface area contributed by atoms with Gasteiger partial charge >= 0.3 is 6.03 Å². The van der Waals surface area contributed by atoms with E-state index >= 15 is 0 Å². The number of carbonyl (C=O) groups is 4. The van der Waals surface area contributed by atoms with Gasteiger partial charge in [0.1, 0.15) is 12.4 Å². The molecule has 0 spiro atoms. The van der Waals surface area contributed by atoms with Gasteiger partial charge in [0.15, 0.2) is 12.5 Å². The van der Waals surface area contributed by atoms with E-state index in [0.717, 1.165) is 81.8 Å². The number of likely N-dealkylation sites (N-methyl/N-ethyl adjacent to an activating group) is 8. The van der Waals surface area contributed by atoms with Crippen LogP contribution < -0.4 is 21.4 Å². The zero-order chi connectivity index (χ0) is 103. The summed E-state index contributed by atoms with van der Waals surface area (Å²) in [5, 5.41) is 18.0. The van der Waals surface area contributed by atoms with E-state index in [9.17, 15) is 19.2 Å². The maximum atomic E-state index is 12.1. The van der Waals surface area contributed by atoms with E-state index in [1.807, 2.05) is 58.5 Å². The molecule has 0 aromatic carbocycles. The number of hydrazine groups is 1. The Bertz CT molecular complexity index is 3910. The molecule has 0 aromatic heterocycles. The van der Waals surface area contributed by atoms with Gasteiger partial charge in [0.2, 0.25) is 5.91 Å². The minimum Gasteiger partial charge on any atom is -0.488 e. The number of rotatable bonds is 0. The lowest BCUT2D eigenvalue weighted by molar-refractivity contribution is -0.132. The van der Waals surface area contributed by atoms with Crippen molar-refractivity contribution in [1.29, 1.82) is 0 Å². The number of hydrogen-bond donors (Lipinski definition) is 4. The van der Waals surface area contributed by atoms with E-state index in [4.69, 9.17) is 9.47 Å². The van der Waals surface area contributed by atoms with Crippen molar-refractivity contribution in [3.05, 3.63) is 102 Å². The fourth-order valence-corrected chi connectivity index (χ4v) is 17.4. The topological polar surface area (TPSA) is 173 Å². The minimum absolute atomic E-state index is 0. The van der Waals surface area contributed by atoms with Crippen molar-refractivity contribution in [3.63, 3.8) is 0 Å². The van der Waals surface area contributed by atoms with Crippen LogP contribution in [0.15, 0.2) is 107 Å². The molecule has 19 heteroatoms. The molecule has 8 aliphatic rings. The van der Waals surface area contributed by atoms with Crippen LogP contribution in [-0.2, 0) is 23.9 Å². The number of nitrogens with one attached hydrogen (secondary N) is 4. The van der Waals surface area contributed by atoms with Crippen molar-refractivity contribution < 1.29 is 28.7 Å². The molecule has 19 nitrogen and oxygen atoms in total. The van der Waals surface area contributed by atoms with Crippen LogP contribution in [-0.4, -0.2) is 224 Å². The molecular formula is C113H213N13O6. The third-order valence-electron chi connectivity index (χ3n) is 25.2. The summed E-state index contributed by atoms with van der Waals surface area (Å²) < 4.78 is 11.5. The Kier molecular flexibility index (Phi) is 44.8. The van der Waals surface area contributed by atoms with Crippen molar-refractivity contribution in [2.45, 2.75) is 353 Å². The third kappa shape index (κ3) is 40.9. The number of nitrogens with zero attached hydrogens (tertiary/aromatic N) is 9. The quantitative estimate of drug-likeness (QED) is 0.169. The van der Waals surface area contributed by atoms with Crippen LogP contribution in [0.2, 0.25) is 0 Å². The summed E-state index contributed by atoms with van der Waals surface area (Å²) in [5.41, 5.74) is 25.6. The minimum atomic E-state index is -0.103. The zero-order valence-corrected chi connectivity index (χ0v) is 96.3. The average Bonchev–Trinajstić information content (AvgIpc) is 1.28. The second-order valence-electron chi connectivity index (χ2n) is 55.3. The van der Waals surface area contributed by atoms with Crippen LogP contribution in [0.1, 0.15) is 353 Å². The predicted molar refractivity (Wildman–Crippen MR) is 571 cm³/mol. The highest BCUT2D eigenvalue weighted by Gasteiger charge is 2.41. The molecule has 766 valence electrons. The highest BCUT2D eigenvalue weighted by Crippen LogP contribution is 2.47. The van der Waals surface area contributed by atoms with Gasteiger partial charge in [0.05, 0.1) is 19.3 Å². The van der Waals surface area contributed by atoms with Crippen LogP contribution in [0.3, 0.4) is 0 Å². The van der Waals surface area contributed by atoms with E-state index in [2.05, 4.69) is 399 Å². The molecule has 0 atom stereocenters. The number of hydrazone groups is 1. The maximum Gasteiger partial charge on any atom is 0.317 e. The average molecular weight is 1850 g/mol. The first-order chi connectivity index (χ1) is 58.0. The molecule has 0 aliphatic carbocycles. The molecule has 0 saturated carbocycles. The molecule has 0 radical (unpaired) electrons. The number of carbonyl (C=O) groups excluding carboxylic acids is 4. The molecule has 4 N–H and O–H groups in total. The van der Waals surface area contributed by atoms with Gasteiger partial charge in [-0.2, -0.15) is 5.10 Å². The highest BCUT2D eigenvalue weighted by atomic mass is 16.5. The fraction of sp³-hybridized carbons (Fsp3) is 0.796. The van der Waals surface area contributed by atoms with Crippen molar-refractivity contribution in [2.24, 2.45) is 91.7 Å². The Morgan fingerprint density at radius 1 is 0.333 bits per heavy atom. The van der Waals surface area contributed by atoms with Crippen LogP contribution in [0, 0.1) is 86.6 Å².